The zero-order valence-corrected chi connectivity index (χ0v) is 13.2. The average molecular weight is 335 g/mol. The molecule has 2 aromatic rings. The Morgan fingerprint density at radius 3 is 2.65 bits per heavy atom. The molecule has 9 heteroatoms. The minimum absolute atomic E-state index is 0.0238. The van der Waals surface area contributed by atoms with Crippen LogP contribution in [0.5, 0.6) is 0 Å². The Morgan fingerprint density at radius 1 is 1.22 bits per heavy atom. The molecule has 1 aromatic carbocycles. The number of rotatable bonds is 3. The number of amides is 2. The van der Waals surface area contributed by atoms with E-state index in [-0.39, 0.29) is 30.6 Å². The molecule has 1 aliphatic rings. The molecule has 0 atom stereocenters. The molecule has 8 nitrogen and oxygen atoms in total. The van der Waals surface area contributed by atoms with Crippen LogP contribution in [0.2, 0.25) is 0 Å². The van der Waals surface area contributed by atoms with Gasteiger partial charge in [0, 0.05) is 19.6 Å². The van der Waals surface area contributed by atoms with Crippen molar-refractivity contribution < 1.29 is 13.2 Å². The number of carbonyl (C=O) groups excluding carboxylic acids is 1. The van der Waals surface area contributed by atoms with Crippen LogP contribution in [0.1, 0.15) is 5.56 Å². The lowest BCUT2D eigenvalue weighted by Gasteiger charge is -2.27. The number of carbonyl (C=O) groups is 1. The second-order valence-corrected chi connectivity index (χ2v) is 7.57. The molecule has 2 amide bonds. The van der Waals surface area contributed by atoms with Gasteiger partial charge in [0.15, 0.2) is 9.84 Å². The Labute approximate surface area is 134 Å². The summed E-state index contributed by atoms with van der Waals surface area (Å²) in [6, 6.07) is 7.31. The van der Waals surface area contributed by atoms with Crippen LogP contribution in [0.3, 0.4) is 0 Å². The number of para-hydroxylation sites is 1. The summed E-state index contributed by atoms with van der Waals surface area (Å²) in [7, 11) is -2.99. The van der Waals surface area contributed by atoms with Crippen molar-refractivity contribution in [2.45, 2.75) is 6.54 Å². The van der Waals surface area contributed by atoms with Gasteiger partial charge in [-0.05, 0) is 11.6 Å². The maximum atomic E-state index is 12.2. The molecule has 0 unspecified atom stereocenters. The van der Waals surface area contributed by atoms with Gasteiger partial charge in [0.25, 0.3) is 0 Å². The molecule has 122 valence electrons. The Kier molecular flexibility index (Phi) is 4.28. The lowest BCUT2D eigenvalue weighted by Crippen LogP contribution is -2.48. The van der Waals surface area contributed by atoms with Gasteiger partial charge in [-0.25, -0.2) is 22.9 Å². The minimum Gasteiger partial charge on any atom is -0.334 e. The molecule has 0 spiro atoms. The molecule has 2 heterocycles. The van der Waals surface area contributed by atoms with Crippen LogP contribution in [0, 0.1) is 0 Å². The number of nitrogens with zero attached hydrogens (tertiary/aromatic N) is 4. The zero-order chi connectivity index (χ0) is 16.3. The maximum absolute atomic E-state index is 12.2. The van der Waals surface area contributed by atoms with Crippen molar-refractivity contribution in [1.82, 2.24) is 25.0 Å². The molecule has 1 aliphatic heterocycles. The van der Waals surface area contributed by atoms with E-state index in [1.54, 1.807) is 11.0 Å². The van der Waals surface area contributed by atoms with Crippen LogP contribution in [0.25, 0.3) is 5.69 Å². The summed E-state index contributed by atoms with van der Waals surface area (Å²) in [5, 5.41) is 6.92. The summed E-state index contributed by atoms with van der Waals surface area (Å²) in [5.41, 5.74) is 1.74. The number of urea groups is 1. The number of hydrogen-bond acceptors (Lipinski definition) is 5. The second kappa shape index (κ2) is 6.37. The fourth-order valence-corrected chi connectivity index (χ4v) is 3.62. The number of aromatic nitrogens is 3. The third-order valence-electron chi connectivity index (χ3n) is 3.72. The fourth-order valence-electron chi connectivity index (χ4n) is 2.41. The van der Waals surface area contributed by atoms with Crippen molar-refractivity contribution in [2.24, 2.45) is 0 Å². The molecule has 0 radical (unpaired) electrons. The highest BCUT2D eigenvalue weighted by Gasteiger charge is 2.24. The van der Waals surface area contributed by atoms with Gasteiger partial charge in [0.05, 0.1) is 17.2 Å². The fraction of sp³-hybridized carbons (Fsp3) is 0.357. The largest absolute Gasteiger partial charge is 0.334 e. The Balaban J connectivity index is 1.64. The highest BCUT2D eigenvalue weighted by atomic mass is 32.2. The van der Waals surface area contributed by atoms with Crippen molar-refractivity contribution in [1.29, 1.82) is 0 Å². The number of hydrogen-bond donors (Lipinski definition) is 1. The van der Waals surface area contributed by atoms with Gasteiger partial charge in [0.1, 0.15) is 12.7 Å². The first kappa shape index (κ1) is 15.5. The molecular formula is C14H17N5O3S. The summed E-state index contributed by atoms with van der Waals surface area (Å²) >= 11 is 0. The molecule has 0 aliphatic carbocycles. The molecule has 23 heavy (non-hydrogen) atoms. The Morgan fingerprint density at radius 2 is 1.96 bits per heavy atom. The average Bonchev–Trinajstić information content (AvgIpc) is 3.07. The number of nitrogens with one attached hydrogen (secondary N) is 1. The van der Waals surface area contributed by atoms with Gasteiger partial charge in [-0.1, -0.05) is 18.2 Å². The molecule has 0 bridgehead atoms. The Hall–Kier alpha value is -2.42. The number of sulfone groups is 1. The molecule has 1 saturated heterocycles. The quantitative estimate of drug-likeness (QED) is 0.865. The van der Waals surface area contributed by atoms with E-state index in [1.807, 2.05) is 24.3 Å². The number of benzene rings is 1. The van der Waals surface area contributed by atoms with Crippen LogP contribution in [0.15, 0.2) is 36.9 Å². The third-order valence-corrected chi connectivity index (χ3v) is 5.33. The van der Waals surface area contributed by atoms with E-state index in [4.69, 9.17) is 0 Å². The molecular weight excluding hydrogens is 318 g/mol. The molecule has 3 rings (SSSR count). The van der Waals surface area contributed by atoms with E-state index >= 15 is 0 Å². The zero-order valence-electron chi connectivity index (χ0n) is 12.4. The van der Waals surface area contributed by atoms with E-state index in [0.717, 1.165) is 11.3 Å². The lowest BCUT2D eigenvalue weighted by molar-refractivity contribution is 0.202. The highest BCUT2D eigenvalue weighted by molar-refractivity contribution is 7.91. The van der Waals surface area contributed by atoms with Crippen molar-refractivity contribution >= 4 is 15.9 Å². The van der Waals surface area contributed by atoms with Crippen molar-refractivity contribution in [3.8, 4) is 5.69 Å². The minimum atomic E-state index is -2.99. The van der Waals surface area contributed by atoms with Gasteiger partial charge in [-0.3, -0.25) is 0 Å². The first-order valence-electron chi connectivity index (χ1n) is 7.21. The summed E-state index contributed by atoms with van der Waals surface area (Å²) < 4.78 is 24.4. The normalized spacial score (nSPS) is 17.0. The van der Waals surface area contributed by atoms with Gasteiger partial charge < -0.3 is 10.2 Å². The first-order chi connectivity index (χ1) is 11.1. The molecule has 1 aromatic heterocycles. The summed E-state index contributed by atoms with van der Waals surface area (Å²) in [6.07, 6.45) is 3.04. The van der Waals surface area contributed by atoms with E-state index in [9.17, 15) is 13.2 Å². The SMILES string of the molecule is O=C(NCc1ccccc1-n1cncn1)N1CCS(=O)(=O)CC1. The topological polar surface area (TPSA) is 97.2 Å². The van der Waals surface area contributed by atoms with Gasteiger partial charge in [-0.15, -0.1) is 0 Å². The third kappa shape index (κ3) is 3.67. The monoisotopic (exact) mass is 335 g/mol. The maximum Gasteiger partial charge on any atom is 0.317 e. The highest BCUT2D eigenvalue weighted by Crippen LogP contribution is 2.13. The predicted octanol–water partition coefficient (Wildman–Crippen LogP) is 0.207. The second-order valence-electron chi connectivity index (χ2n) is 5.27. The first-order valence-corrected chi connectivity index (χ1v) is 9.03. The lowest BCUT2D eigenvalue weighted by atomic mass is 10.2. The Bertz CT molecular complexity index is 775. The van der Waals surface area contributed by atoms with Crippen LogP contribution < -0.4 is 5.32 Å². The van der Waals surface area contributed by atoms with E-state index in [2.05, 4.69) is 15.4 Å². The van der Waals surface area contributed by atoms with E-state index in [1.165, 1.54) is 11.2 Å². The summed E-state index contributed by atoms with van der Waals surface area (Å²) in [4.78, 5) is 17.6. The molecule has 1 N–H and O–H groups in total. The van der Waals surface area contributed by atoms with Crippen molar-refractivity contribution in [3.05, 3.63) is 42.5 Å². The summed E-state index contributed by atoms with van der Waals surface area (Å²) in [6.45, 7) is 0.801. The van der Waals surface area contributed by atoms with Gasteiger partial charge >= 0.3 is 6.03 Å². The standard InChI is InChI=1S/C14H17N5O3S/c20-14(18-5-7-23(21,22)8-6-18)16-9-12-3-1-2-4-13(12)19-11-15-10-17-19/h1-4,10-11H,5-9H2,(H,16,20). The van der Waals surface area contributed by atoms with Gasteiger partial charge in [0.2, 0.25) is 0 Å². The van der Waals surface area contributed by atoms with Crippen molar-refractivity contribution in [2.75, 3.05) is 24.6 Å². The van der Waals surface area contributed by atoms with Crippen LogP contribution in [-0.2, 0) is 16.4 Å². The molecule has 0 saturated carbocycles. The van der Waals surface area contributed by atoms with E-state index < -0.39 is 9.84 Å². The van der Waals surface area contributed by atoms with E-state index in [0.29, 0.717) is 6.54 Å². The van der Waals surface area contributed by atoms with Crippen LogP contribution >= 0.6 is 0 Å². The van der Waals surface area contributed by atoms with Crippen molar-refractivity contribution in [3.63, 3.8) is 0 Å². The van der Waals surface area contributed by atoms with Gasteiger partial charge in [-0.2, -0.15) is 5.10 Å². The van der Waals surface area contributed by atoms with Crippen LogP contribution in [-0.4, -0.2) is 58.7 Å². The smallest absolute Gasteiger partial charge is 0.317 e. The summed E-state index contributed by atoms with van der Waals surface area (Å²) in [5.74, 6) is 0.0475. The molecule has 1 fully saturated rings. The predicted molar refractivity (Wildman–Crippen MR) is 83.8 cm³/mol. The van der Waals surface area contributed by atoms with Crippen LogP contribution in [0.4, 0.5) is 4.79 Å².